The van der Waals surface area contributed by atoms with E-state index in [4.69, 9.17) is 5.11 Å². The van der Waals surface area contributed by atoms with Crippen LogP contribution in [0.25, 0.3) is 0 Å². The van der Waals surface area contributed by atoms with Gasteiger partial charge in [0.15, 0.2) is 5.69 Å². The summed E-state index contributed by atoms with van der Waals surface area (Å²) < 4.78 is 37.1. The quantitative estimate of drug-likeness (QED) is 0.747. The molecule has 0 amide bonds. The van der Waals surface area contributed by atoms with Gasteiger partial charge in [0.05, 0.1) is 5.92 Å². The highest BCUT2D eigenvalue weighted by Gasteiger charge is 2.41. The van der Waals surface area contributed by atoms with Crippen molar-refractivity contribution in [3.63, 3.8) is 0 Å². The van der Waals surface area contributed by atoms with E-state index in [1.165, 1.54) is 0 Å². The van der Waals surface area contributed by atoms with Gasteiger partial charge >= 0.3 is 12.1 Å². The number of halogens is 3. The van der Waals surface area contributed by atoms with Crippen molar-refractivity contribution in [2.75, 3.05) is 0 Å². The smallest absolute Gasteiger partial charge is 0.435 e. The van der Waals surface area contributed by atoms with Crippen LogP contribution in [0, 0.1) is 5.92 Å². The lowest BCUT2D eigenvalue weighted by Crippen LogP contribution is -2.15. The third-order valence-electron chi connectivity index (χ3n) is 2.47. The summed E-state index contributed by atoms with van der Waals surface area (Å²) in [5.74, 6) is -1.84. The van der Waals surface area contributed by atoms with E-state index in [0.717, 1.165) is 0 Å². The average molecular weight is 220 g/mol. The summed E-state index contributed by atoms with van der Waals surface area (Å²) in [6.45, 7) is 0. The topological polar surface area (TPSA) is 66.0 Å². The molecule has 0 bridgehead atoms. The zero-order valence-corrected chi connectivity index (χ0v) is 7.43. The maximum Gasteiger partial charge on any atom is 0.435 e. The minimum absolute atomic E-state index is 0.00472. The molecule has 0 radical (unpaired) electrons. The fraction of sp³-hybridized carbons (Fsp3) is 0.500. The molecule has 0 aromatic carbocycles. The SMILES string of the molecule is O=C(O)C1Cc2[nH]nc(C(F)(F)F)c2C1. The Labute approximate surface area is 82.1 Å². The first kappa shape index (κ1) is 10.0. The molecule has 82 valence electrons. The van der Waals surface area contributed by atoms with E-state index in [-0.39, 0.29) is 24.1 Å². The van der Waals surface area contributed by atoms with Crippen LogP contribution in [0.15, 0.2) is 0 Å². The van der Waals surface area contributed by atoms with E-state index in [0.29, 0.717) is 0 Å². The molecular weight excluding hydrogens is 213 g/mol. The van der Waals surface area contributed by atoms with Gasteiger partial charge in [-0.2, -0.15) is 18.3 Å². The van der Waals surface area contributed by atoms with Crippen LogP contribution in [-0.2, 0) is 23.8 Å². The van der Waals surface area contributed by atoms with Gasteiger partial charge in [0, 0.05) is 17.7 Å². The number of hydrogen-bond acceptors (Lipinski definition) is 2. The van der Waals surface area contributed by atoms with Gasteiger partial charge in [0.2, 0.25) is 0 Å². The molecule has 2 N–H and O–H groups in total. The minimum atomic E-state index is -4.52. The first-order valence-corrected chi connectivity index (χ1v) is 4.25. The van der Waals surface area contributed by atoms with Crippen molar-refractivity contribution < 1.29 is 23.1 Å². The Bertz CT molecular complexity index is 411. The van der Waals surface area contributed by atoms with E-state index in [1.54, 1.807) is 0 Å². The molecule has 0 fully saturated rings. The van der Waals surface area contributed by atoms with E-state index >= 15 is 0 Å². The number of aromatic nitrogens is 2. The number of fused-ring (bicyclic) bond motifs is 1. The summed E-state index contributed by atoms with van der Waals surface area (Å²) >= 11 is 0. The van der Waals surface area contributed by atoms with Gasteiger partial charge in [-0.25, -0.2) is 0 Å². The summed E-state index contributed by atoms with van der Waals surface area (Å²) in [4.78, 5) is 10.6. The fourth-order valence-corrected chi connectivity index (χ4v) is 1.76. The molecule has 1 unspecified atom stereocenters. The van der Waals surface area contributed by atoms with Gasteiger partial charge in [-0.1, -0.05) is 0 Å². The monoisotopic (exact) mass is 220 g/mol. The highest BCUT2D eigenvalue weighted by Crippen LogP contribution is 2.36. The number of alkyl halides is 3. The average Bonchev–Trinajstić information content (AvgIpc) is 2.56. The number of aliphatic carboxylic acids is 1. The summed E-state index contributed by atoms with van der Waals surface area (Å²) in [6, 6.07) is 0. The maximum absolute atomic E-state index is 12.4. The Hall–Kier alpha value is -1.53. The van der Waals surface area contributed by atoms with Crippen molar-refractivity contribution >= 4 is 5.97 Å². The zero-order chi connectivity index (χ0) is 11.2. The zero-order valence-electron chi connectivity index (χ0n) is 7.43. The maximum atomic E-state index is 12.4. The number of aromatic amines is 1. The van der Waals surface area contributed by atoms with Gasteiger partial charge in [-0.15, -0.1) is 0 Å². The molecule has 1 aromatic rings. The number of nitrogens with zero attached hydrogens (tertiary/aromatic N) is 1. The van der Waals surface area contributed by atoms with Crippen molar-refractivity contribution in [1.29, 1.82) is 0 Å². The third-order valence-corrected chi connectivity index (χ3v) is 2.47. The Morgan fingerprint density at radius 3 is 2.67 bits per heavy atom. The molecule has 1 aliphatic rings. The van der Waals surface area contributed by atoms with E-state index in [2.05, 4.69) is 10.2 Å². The second-order valence-corrected chi connectivity index (χ2v) is 3.47. The van der Waals surface area contributed by atoms with Crippen LogP contribution in [-0.4, -0.2) is 21.3 Å². The second kappa shape index (κ2) is 2.98. The summed E-state index contributed by atoms with van der Waals surface area (Å²) in [7, 11) is 0. The predicted octanol–water partition coefficient (Wildman–Crippen LogP) is 1.23. The van der Waals surface area contributed by atoms with Gasteiger partial charge in [-0.3, -0.25) is 9.89 Å². The van der Waals surface area contributed by atoms with Crippen molar-refractivity contribution in [3.8, 4) is 0 Å². The molecule has 2 rings (SSSR count). The van der Waals surface area contributed by atoms with Crippen molar-refractivity contribution in [3.05, 3.63) is 17.0 Å². The Morgan fingerprint density at radius 1 is 1.47 bits per heavy atom. The van der Waals surface area contributed by atoms with Crippen LogP contribution in [0.5, 0.6) is 0 Å². The van der Waals surface area contributed by atoms with E-state index < -0.39 is 23.8 Å². The van der Waals surface area contributed by atoms with Crippen molar-refractivity contribution in [2.24, 2.45) is 5.92 Å². The summed E-state index contributed by atoms with van der Waals surface area (Å²) in [5.41, 5.74) is -0.703. The fourth-order valence-electron chi connectivity index (χ4n) is 1.76. The van der Waals surface area contributed by atoms with Crippen LogP contribution >= 0.6 is 0 Å². The third kappa shape index (κ3) is 1.57. The number of carboxylic acid groups (broad SMARTS) is 1. The lowest BCUT2D eigenvalue weighted by atomic mass is 10.1. The van der Waals surface area contributed by atoms with Crippen LogP contribution in [0.2, 0.25) is 0 Å². The van der Waals surface area contributed by atoms with Crippen LogP contribution in [0.3, 0.4) is 0 Å². The minimum Gasteiger partial charge on any atom is -0.481 e. The standard InChI is InChI=1S/C8H7F3N2O2/c9-8(10,11)6-4-1-3(7(14)15)2-5(4)12-13-6/h3H,1-2H2,(H,12,13)(H,14,15). The van der Waals surface area contributed by atoms with E-state index in [1.807, 2.05) is 0 Å². The van der Waals surface area contributed by atoms with Crippen molar-refractivity contribution in [2.45, 2.75) is 19.0 Å². The molecule has 0 saturated carbocycles. The summed E-state index contributed by atoms with van der Waals surface area (Å²) in [6.07, 6.45) is -4.53. The Morgan fingerprint density at radius 2 is 2.13 bits per heavy atom. The van der Waals surface area contributed by atoms with Crippen molar-refractivity contribution in [1.82, 2.24) is 10.2 Å². The van der Waals surface area contributed by atoms with Gasteiger partial charge in [-0.05, 0) is 6.42 Å². The van der Waals surface area contributed by atoms with Gasteiger partial charge in [0.25, 0.3) is 0 Å². The molecule has 1 aromatic heterocycles. The predicted molar refractivity (Wildman–Crippen MR) is 42.1 cm³/mol. The molecule has 0 aliphatic heterocycles. The highest BCUT2D eigenvalue weighted by atomic mass is 19.4. The van der Waals surface area contributed by atoms with Crippen LogP contribution < -0.4 is 0 Å². The normalized spacial score (nSPS) is 20.3. The molecule has 0 spiro atoms. The summed E-state index contributed by atoms with van der Waals surface area (Å²) in [5, 5.41) is 14.1. The highest BCUT2D eigenvalue weighted by molar-refractivity contribution is 5.72. The molecule has 4 nitrogen and oxygen atoms in total. The first-order valence-electron chi connectivity index (χ1n) is 4.25. The second-order valence-electron chi connectivity index (χ2n) is 3.47. The molecule has 1 aliphatic carbocycles. The molecular formula is C8H7F3N2O2. The first-order chi connectivity index (χ1) is 6.89. The lowest BCUT2D eigenvalue weighted by Gasteiger charge is -2.05. The molecule has 15 heavy (non-hydrogen) atoms. The number of nitrogens with one attached hydrogen (secondary N) is 1. The number of H-pyrrole nitrogens is 1. The Kier molecular flexibility index (Phi) is 1.99. The lowest BCUT2D eigenvalue weighted by molar-refractivity contribution is -0.144. The molecule has 1 heterocycles. The van der Waals surface area contributed by atoms with Gasteiger partial charge < -0.3 is 5.11 Å². The van der Waals surface area contributed by atoms with E-state index in [9.17, 15) is 18.0 Å². The van der Waals surface area contributed by atoms with Crippen LogP contribution in [0.4, 0.5) is 13.2 Å². The Balaban J connectivity index is 2.33. The van der Waals surface area contributed by atoms with Crippen LogP contribution in [0.1, 0.15) is 17.0 Å². The van der Waals surface area contributed by atoms with Gasteiger partial charge in [0.1, 0.15) is 0 Å². The largest absolute Gasteiger partial charge is 0.481 e. The number of carbonyl (C=O) groups is 1. The molecule has 1 atom stereocenters. The molecule has 0 saturated heterocycles. The molecule has 7 heteroatoms. The number of rotatable bonds is 1. The number of hydrogen-bond donors (Lipinski definition) is 2. The number of carboxylic acids is 1.